The molecule has 0 amide bonds. The van der Waals surface area contributed by atoms with Crippen molar-refractivity contribution < 1.29 is 0 Å². The molecule has 2 N–H and O–H groups in total. The monoisotopic (exact) mass is 255 g/mol. The molecule has 0 atom stereocenters. The molecule has 1 aliphatic heterocycles. The van der Waals surface area contributed by atoms with Crippen molar-refractivity contribution in [3.8, 4) is 0 Å². The second-order valence-electron chi connectivity index (χ2n) is 4.38. The van der Waals surface area contributed by atoms with Crippen LogP contribution in [0.15, 0.2) is 42.7 Å². The lowest BCUT2D eigenvalue weighted by atomic mass is 10.1. The van der Waals surface area contributed by atoms with E-state index in [0.717, 1.165) is 24.3 Å². The van der Waals surface area contributed by atoms with Crippen LogP contribution in [0.4, 0.5) is 5.69 Å². The maximum Gasteiger partial charge on any atom is 0.106 e. The Kier molecular flexibility index (Phi) is 2.72. The standard InChI is InChI=1S/C14H13N3S/c15-14(18)12-5-6-16-7-13(12)17-8-10-3-1-2-4-11(10)9-17/h1-7H,8-9H2,(H2,15,18). The fourth-order valence-corrected chi connectivity index (χ4v) is 2.52. The summed E-state index contributed by atoms with van der Waals surface area (Å²) in [5, 5.41) is 0. The number of fused-ring (bicyclic) bond motifs is 1. The summed E-state index contributed by atoms with van der Waals surface area (Å²) < 4.78 is 0. The first kappa shape index (κ1) is 11.2. The highest BCUT2D eigenvalue weighted by atomic mass is 32.1. The van der Waals surface area contributed by atoms with Gasteiger partial charge in [-0.3, -0.25) is 4.98 Å². The predicted octanol–water partition coefficient (Wildman–Crippen LogP) is 2.24. The summed E-state index contributed by atoms with van der Waals surface area (Å²) in [4.78, 5) is 6.85. The summed E-state index contributed by atoms with van der Waals surface area (Å²) in [6.45, 7) is 1.77. The van der Waals surface area contributed by atoms with E-state index in [4.69, 9.17) is 18.0 Å². The highest BCUT2D eigenvalue weighted by molar-refractivity contribution is 7.80. The Morgan fingerprint density at radius 3 is 2.44 bits per heavy atom. The van der Waals surface area contributed by atoms with Crippen LogP contribution in [0.2, 0.25) is 0 Å². The van der Waals surface area contributed by atoms with Gasteiger partial charge in [0.25, 0.3) is 0 Å². The number of nitrogens with zero attached hydrogens (tertiary/aromatic N) is 2. The Hall–Kier alpha value is -1.94. The molecule has 0 saturated carbocycles. The molecule has 0 saturated heterocycles. The van der Waals surface area contributed by atoms with Gasteiger partial charge in [0.2, 0.25) is 0 Å². The molecule has 0 bridgehead atoms. The predicted molar refractivity (Wildman–Crippen MR) is 76.5 cm³/mol. The van der Waals surface area contributed by atoms with E-state index in [-0.39, 0.29) is 0 Å². The van der Waals surface area contributed by atoms with Crippen molar-refractivity contribution in [1.29, 1.82) is 0 Å². The second-order valence-corrected chi connectivity index (χ2v) is 4.82. The van der Waals surface area contributed by atoms with E-state index in [1.807, 2.05) is 12.3 Å². The molecule has 3 nitrogen and oxygen atoms in total. The van der Waals surface area contributed by atoms with Crippen molar-refractivity contribution in [1.82, 2.24) is 4.98 Å². The van der Waals surface area contributed by atoms with E-state index in [2.05, 4.69) is 34.1 Å². The topological polar surface area (TPSA) is 42.1 Å². The van der Waals surface area contributed by atoms with Crippen molar-refractivity contribution in [2.75, 3.05) is 4.90 Å². The Bertz CT molecular complexity index is 584. The molecule has 0 fully saturated rings. The van der Waals surface area contributed by atoms with Crippen LogP contribution in [0.5, 0.6) is 0 Å². The average Bonchev–Trinajstić information content (AvgIpc) is 2.82. The molecule has 1 aromatic carbocycles. The van der Waals surface area contributed by atoms with Gasteiger partial charge in [0.1, 0.15) is 4.99 Å². The van der Waals surface area contributed by atoms with Gasteiger partial charge in [0, 0.05) is 24.8 Å². The number of thiocarbonyl (C=S) groups is 1. The quantitative estimate of drug-likeness (QED) is 0.836. The van der Waals surface area contributed by atoms with E-state index in [9.17, 15) is 0 Å². The number of hydrogen-bond acceptors (Lipinski definition) is 3. The fourth-order valence-electron chi connectivity index (χ4n) is 2.35. The van der Waals surface area contributed by atoms with Gasteiger partial charge >= 0.3 is 0 Å². The van der Waals surface area contributed by atoms with Crippen molar-refractivity contribution in [2.24, 2.45) is 5.73 Å². The minimum absolute atomic E-state index is 0.420. The highest BCUT2D eigenvalue weighted by Gasteiger charge is 2.21. The molecular weight excluding hydrogens is 242 g/mol. The molecule has 0 unspecified atom stereocenters. The summed E-state index contributed by atoms with van der Waals surface area (Å²) >= 11 is 5.09. The molecule has 1 aromatic heterocycles. The molecular formula is C14H13N3S. The van der Waals surface area contributed by atoms with Gasteiger partial charge < -0.3 is 10.6 Å². The molecule has 3 rings (SSSR count). The molecule has 0 spiro atoms. The van der Waals surface area contributed by atoms with Gasteiger partial charge in [-0.2, -0.15) is 0 Å². The fraction of sp³-hybridized carbons (Fsp3) is 0.143. The first-order valence-electron chi connectivity index (χ1n) is 5.81. The summed E-state index contributed by atoms with van der Waals surface area (Å²) in [6, 6.07) is 10.3. The molecule has 0 aliphatic carbocycles. The molecule has 2 heterocycles. The molecule has 18 heavy (non-hydrogen) atoms. The summed E-state index contributed by atoms with van der Waals surface area (Å²) in [5.41, 5.74) is 10.4. The maximum atomic E-state index is 5.76. The van der Waals surface area contributed by atoms with Crippen LogP contribution in [0.3, 0.4) is 0 Å². The van der Waals surface area contributed by atoms with Crippen molar-refractivity contribution in [2.45, 2.75) is 13.1 Å². The number of nitrogens with two attached hydrogens (primary N) is 1. The van der Waals surface area contributed by atoms with Gasteiger partial charge in [-0.1, -0.05) is 36.5 Å². The minimum Gasteiger partial charge on any atom is -0.389 e. The van der Waals surface area contributed by atoms with Crippen molar-refractivity contribution in [3.05, 3.63) is 59.4 Å². The van der Waals surface area contributed by atoms with E-state index < -0.39 is 0 Å². The molecule has 2 aromatic rings. The molecule has 0 radical (unpaired) electrons. The van der Waals surface area contributed by atoms with Gasteiger partial charge in [0.15, 0.2) is 0 Å². The SMILES string of the molecule is NC(=S)c1ccncc1N1Cc2ccccc2C1. The third kappa shape index (κ3) is 1.84. The minimum atomic E-state index is 0.420. The number of pyridine rings is 1. The van der Waals surface area contributed by atoms with E-state index in [0.29, 0.717) is 4.99 Å². The third-order valence-electron chi connectivity index (χ3n) is 3.25. The number of rotatable bonds is 2. The zero-order valence-corrected chi connectivity index (χ0v) is 10.7. The first-order chi connectivity index (χ1) is 8.75. The zero-order valence-electron chi connectivity index (χ0n) is 9.84. The first-order valence-corrected chi connectivity index (χ1v) is 6.22. The highest BCUT2D eigenvalue weighted by Crippen LogP contribution is 2.29. The Morgan fingerprint density at radius 2 is 1.83 bits per heavy atom. The maximum absolute atomic E-state index is 5.76. The van der Waals surface area contributed by atoms with Crippen molar-refractivity contribution in [3.63, 3.8) is 0 Å². The Labute approximate surface area is 111 Å². The lowest BCUT2D eigenvalue weighted by Crippen LogP contribution is -2.20. The van der Waals surface area contributed by atoms with Crippen LogP contribution in [0.25, 0.3) is 0 Å². The molecule has 90 valence electrons. The van der Waals surface area contributed by atoms with Gasteiger partial charge in [-0.25, -0.2) is 0 Å². The smallest absolute Gasteiger partial charge is 0.106 e. The Balaban J connectivity index is 1.98. The third-order valence-corrected chi connectivity index (χ3v) is 3.47. The summed E-state index contributed by atoms with van der Waals surface area (Å²) in [6.07, 6.45) is 3.56. The van der Waals surface area contributed by atoms with Gasteiger partial charge in [0.05, 0.1) is 11.9 Å². The van der Waals surface area contributed by atoms with E-state index in [1.54, 1.807) is 6.20 Å². The molecule has 1 aliphatic rings. The van der Waals surface area contributed by atoms with Crippen LogP contribution in [0.1, 0.15) is 16.7 Å². The summed E-state index contributed by atoms with van der Waals surface area (Å²) in [5.74, 6) is 0. The number of hydrogen-bond donors (Lipinski definition) is 1. The normalized spacial score (nSPS) is 13.4. The molecule has 4 heteroatoms. The lowest BCUT2D eigenvalue weighted by molar-refractivity contribution is 0.874. The number of aromatic nitrogens is 1. The van der Waals surface area contributed by atoms with E-state index >= 15 is 0 Å². The average molecular weight is 255 g/mol. The largest absolute Gasteiger partial charge is 0.389 e. The van der Waals surface area contributed by atoms with Crippen molar-refractivity contribution >= 4 is 22.9 Å². The Morgan fingerprint density at radius 1 is 1.17 bits per heavy atom. The van der Waals surface area contributed by atoms with Crippen LogP contribution >= 0.6 is 12.2 Å². The number of benzene rings is 1. The second kappa shape index (κ2) is 4.38. The number of anilines is 1. The van der Waals surface area contributed by atoms with Crippen LogP contribution in [-0.4, -0.2) is 9.97 Å². The summed E-state index contributed by atoms with van der Waals surface area (Å²) in [7, 11) is 0. The van der Waals surface area contributed by atoms with Gasteiger partial charge in [-0.05, 0) is 17.2 Å². The van der Waals surface area contributed by atoms with Crippen LogP contribution < -0.4 is 10.6 Å². The lowest BCUT2D eigenvalue weighted by Gasteiger charge is -2.20. The van der Waals surface area contributed by atoms with Crippen LogP contribution in [0, 0.1) is 0 Å². The van der Waals surface area contributed by atoms with Gasteiger partial charge in [-0.15, -0.1) is 0 Å². The van der Waals surface area contributed by atoms with E-state index in [1.165, 1.54) is 11.1 Å². The van der Waals surface area contributed by atoms with Crippen LogP contribution in [-0.2, 0) is 13.1 Å². The zero-order chi connectivity index (χ0) is 12.5.